The number of benzene rings is 1. The van der Waals surface area contributed by atoms with Crippen LogP contribution in [-0.4, -0.2) is 31.1 Å². The quantitative estimate of drug-likeness (QED) is 0.796. The Labute approximate surface area is 101 Å². The first-order chi connectivity index (χ1) is 8.27. The van der Waals surface area contributed by atoms with Gasteiger partial charge in [-0.05, 0) is 51.0 Å². The minimum Gasteiger partial charge on any atom is -0.383 e. The average Bonchev–Trinajstić information content (AvgIpc) is 2.83. The Balaban J connectivity index is 1.72. The van der Waals surface area contributed by atoms with E-state index < -0.39 is 11.6 Å². The lowest BCUT2D eigenvalue weighted by Crippen LogP contribution is -2.22. The van der Waals surface area contributed by atoms with Gasteiger partial charge in [-0.3, -0.25) is 0 Å². The molecule has 0 unspecified atom stereocenters. The fourth-order valence-electron chi connectivity index (χ4n) is 2.17. The van der Waals surface area contributed by atoms with Gasteiger partial charge in [-0.2, -0.15) is 0 Å². The molecule has 0 atom stereocenters. The van der Waals surface area contributed by atoms with Gasteiger partial charge in [0.15, 0.2) is 11.6 Å². The zero-order valence-electron chi connectivity index (χ0n) is 9.88. The standard InChI is InChI=1S/C13H18F2N2/c14-11-5-3-6-12(13(11)15)16-7-4-10-17-8-1-2-9-17/h3,5-6,16H,1-2,4,7-10H2. The van der Waals surface area contributed by atoms with E-state index in [4.69, 9.17) is 0 Å². The van der Waals surface area contributed by atoms with Gasteiger partial charge in [-0.25, -0.2) is 8.78 Å². The van der Waals surface area contributed by atoms with Crippen LogP contribution in [0.2, 0.25) is 0 Å². The fourth-order valence-corrected chi connectivity index (χ4v) is 2.17. The van der Waals surface area contributed by atoms with Crippen molar-refractivity contribution in [3.8, 4) is 0 Å². The average molecular weight is 240 g/mol. The number of anilines is 1. The molecule has 1 N–H and O–H groups in total. The van der Waals surface area contributed by atoms with Gasteiger partial charge in [0.25, 0.3) is 0 Å². The van der Waals surface area contributed by atoms with E-state index in [1.165, 1.54) is 32.0 Å². The van der Waals surface area contributed by atoms with Gasteiger partial charge < -0.3 is 10.2 Å². The van der Waals surface area contributed by atoms with E-state index in [1.54, 1.807) is 6.07 Å². The van der Waals surface area contributed by atoms with Gasteiger partial charge in [-0.1, -0.05) is 6.07 Å². The molecule has 0 radical (unpaired) electrons. The van der Waals surface area contributed by atoms with E-state index >= 15 is 0 Å². The molecule has 0 bridgehead atoms. The molecule has 2 rings (SSSR count). The van der Waals surface area contributed by atoms with Crippen LogP contribution in [0.5, 0.6) is 0 Å². The highest BCUT2D eigenvalue weighted by Crippen LogP contribution is 2.16. The predicted octanol–water partition coefficient (Wildman–Crippen LogP) is 2.86. The van der Waals surface area contributed by atoms with Crippen LogP contribution in [0.25, 0.3) is 0 Å². The lowest BCUT2D eigenvalue weighted by Gasteiger charge is -2.14. The summed E-state index contributed by atoms with van der Waals surface area (Å²) in [5, 5.41) is 2.94. The van der Waals surface area contributed by atoms with Crippen molar-refractivity contribution in [3.63, 3.8) is 0 Å². The number of nitrogens with zero attached hydrogens (tertiary/aromatic N) is 1. The monoisotopic (exact) mass is 240 g/mol. The van der Waals surface area contributed by atoms with Crippen molar-refractivity contribution in [3.05, 3.63) is 29.8 Å². The minimum atomic E-state index is -0.797. The number of likely N-dealkylation sites (tertiary alicyclic amines) is 1. The summed E-state index contributed by atoms with van der Waals surface area (Å²) in [5.41, 5.74) is 0.256. The smallest absolute Gasteiger partial charge is 0.181 e. The Morgan fingerprint density at radius 3 is 2.71 bits per heavy atom. The Kier molecular flexibility index (Phi) is 4.31. The SMILES string of the molecule is Fc1cccc(NCCCN2CCCC2)c1F. The van der Waals surface area contributed by atoms with Crippen LogP contribution >= 0.6 is 0 Å². The number of hydrogen-bond donors (Lipinski definition) is 1. The number of hydrogen-bond acceptors (Lipinski definition) is 2. The van der Waals surface area contributed by atoms with Crippen LogP contribution in [0.4, 0.5) is 14.5 Å². The van der Waals surface area contributed by atoms with Crippen LogP contribution in [0.3, 0.4) is 0 Å². The highest BCUT2D eigenvalue weighted by Gasteiger charge is 2.10. The molecule has 2 nitrogen and oxygen atoms in total. The lowest BCUT2D eigenvalue weighted by atomic mass is 10.3. The lowest BCUT2D eigenvalue weighted by molar-refractivity contribution is 0.337. The molecule has 1 aromatic carbocycles. The third kappa shape index (κ3) is 3.40. The molecule has 0 saturated carbocycles. The topological polar surface area (TPSA) is 15.3 Å². The molecule has 4 heteroatoms. The summed E-state index contributed by atoms with van der Waals surface area (Å²) >= 11 is 0. The van der Waals surface area contributed by atoms with Crippen molar-refractivity contribution in [2.45, 2.75) is 19.3 Å². The maximum absolute atomic E-state index is 13.3. The normalized spacial score (nSPS) is 16.4. The molecule has 1 heterocycles. The van der Waals surface area contributed by atoms with Gasteiger partial charge in [0.2, 0.25) is 0 Å². The van der Waals surface area contributed by atoms with Crippen LogP contribution in [0.15, 0.2) is 18.2 Å². The second-order valence-corrected chi connectivity index (χ2v) is 4.43. The first-order valence-electron chi connectivity index (χ1n) is 6.17. The minimum absolute atomic E-state index is 0.256. The maximum atomic E-state index is 13.3. The van der Waals surface area contributed by atoms with E-state index in [1.807, 2.05) is 0 Å². The summed E-state index contributed by atoms with van der Waals surface area (Å²) in [6.45, 7) is 4.06. The number of nitrogens with one attached hydrogen (secondary N) is 1. The first-order valence-corrected chi connectivity index (χ1v) is 6.17. The summed E-state index contributed by atoms with van der Waals surface area (Å²) < 4.78 is 26.2. The highest BCUT2D eigenvalue weighted by molar-refractivity contribution is 5.44. The van der Waals surface area contributed by atoms with Crippen molar-refractivity contribution >= 4 is 5.69 Å². The summed E-state index contributed by atoms with van der Waals surface area (Å²) in [6.07, 6.45) is 3.52. The molecule has 1 aliphatic rings. The van der Waals surface area contributed by atoms with Crippen molar-refractivity contribution in [2.24, 2.45) is 0 Å². The molecule has 0 amide bonds. The van der Waals surface area contributed by atoms with E-state index in [-0.39, 0.29) is 5.69 Å². The first kappa shape index (κ1) is 12.3. The molecule has 1 saturated heterocycles. The van der Waals surface area contributed by atoms with Crippen LogP contribution in [0.1, 0.15) is 19.3 Å². The number of halogens is 2. The zero-order chi connectivity index (χ0) is 12.1. The van der Waals surface area contributed by atoms with E-state index in [9.17, 15) is 8.78 Å². The van der Waals surface area contributed by atoms with Crippen molar-refractivity contribution in [1.29, 1.82) is 0 Å². The second-order valence-electron chi connectivity index (χ2n) is 4.43. The summed E-state index contributed by atoms with van der Waals surface area (Å²) in [4.78, 5) is 2.41. The maximum Gasteiger partial charge on any atom is 0.181 e. The predicted molar refractivity (Wildman–Crippen MR) is 65.1 cm³/mol. The van der Waals surface area contributed by atoms with Crippen LogP contribution in [0, 0.1) is 11.6 Å². The molecular formula is C13H18F2N2. The molecule has 94 valence electrons. The summed E-state index contributed by atoms with van der Waals surface area (Å²) in [5.74, 6) is -1.58. The molecule has 1 aromatic rings. The largest absolute Gasteiger partial charge is 0.383 e. The molecular weight excluding hydrogens is 222 g/mol. The third-order valence-corrected chi connectivity index (χ3v) is 3.12. The van der Waals surface area contributed by atoms with Gasteiger partial charge >= 0.3 is 0 Å². The second kappa shape index (κ2) is 5.96. The van der Waals surface area contributed by atoms with Crippen molar-refractivity contribution in [1.82, 2.24) is 4.90 Å². The fraction of sp³-hybridized carbons (Fsp3) is 0.538. The molecule has 1 aliphatic heterocycles. The van der Waals surface area contributed by atoms with E-state index in [2.05, 4.69) is 10.2 Å². The van der Waals surface area contributed by atoms with E-state index in [0.717, 1.165) is 19.0 Å². The zero-order valence-corrected chi connectivity index (χ0v) is 9.88. The van der Waals surface area contributed by atoms with Crippen LogP contribution in [-0.2, 0) is 0 Å². The van der Waals surface area contributed by atoms with Crippen molar-refractivity contribution in [2.75, 3.05) is 31.5 Å². The Hall–Kier alpha value is -1.16. The molecule has 17 heavy (non-hydrogen) atoms. The Morgan fingerprint density at radius 1 is 1.18 bits per heavy atom. The van der Waals surface area contributed by atoms with Gasteiger partial charge in [0.1, 0.15) is 0 Å². The molecule has 0 spiro atoms. The molecule has 1 fully saturated rings. The molecule has 0 aromatic heterocycles. The summed E-state index contributed by atoms with van der Waals surface area (Å²) in [7, 11) is 0. The highest BCUT2D eigenvalue weighted by atomic mass is 19.2. The Morgan fingerprint density at radius 2 is 1.94 bits per heavy atom. The third-order valence-electron chi connectivity index (χ3n) is 3.12. The molecule has 0 aliphatic carbocycles. The van der Waals surface area contributed by atoms with Crippen molar-refractivity contribution < 1.29 is 8.78 Å². The van der Waals surface area contributed by atoms with Crippen LogP contribution < -0.4 is 5.32 Å². The number of rotatable bonds is 5. The van der Waals surface area contributed by atoms with Gasteiger partial charge in [0.05, 0.1) is 5.69 Å². The van der Waals surface area contributed by atoms with Gasteiger partial charge in [0, 0.05) is 6.54 Å². The summed E-state index contributed by atoms with van der Waals surface area (Å²) in [6, 6.07) is 4.21. The van der Waals surface area contributed by atoms with Gasteiger partial charge in [-0.15, -0.1) is 0 Å². The Bertz CT molecular complexity index is 362. The van der Waals surface area contributed by atoms with E-state index in [0.29, 0.717) is 6.54 Å².